The van der Waals surface area contributed by atoms with Crippen LogP contribution in [0.5, 0.6) is 0 Å². The molecule has 3 rings (SSSR count). The molecule has 0 aromatic heterocycles. The van der Waals surface area contributed by atoms with Crippen LogP contribution in [-0.2, 0) is 16.1 Å². The molecule has 0 spiro atoms. The van der Waals surface area contributed by atoms with Gasteiger partial charge in [-0.1, -0.05) is 35.9 Å². The summed E-state index contributed by atoms with van der Waals surface area (Å²) in [6, 6.07) is 17.0. The highest BCUT2D eigenvalue weighted by Crippen LogP contribution is 2.18. The summed E-state index contributed by atoms with van der Waals surface area (Å²) in [5.74, 6) is -0.398. The van der Waals surface area contributed by atoms with Crippen molar-refractivity contribution in [2.24, 2.45) is 0 Å². The summed E-state index contributed by atoms with van der Waals surface area (Å²) in [7, 11) is 0. The van der Waals surface area contributed by atoms with E-state index in [2.05, 4.69) is 10.2 Å². The van der Waals surface area contributed by atoms with Crippen LogP contribution in [0.15, 0.2) is 54.1 Å². The Morgan fingerprint density at radius 2 is 1.81 bits per heavy atom. The molecule has 138 valence electrons. The zero-order valence-electron chi connectivity index (χ0n) is 14.8. The van der Waals surface area contributed by atoms with E-state index in [9.17, 15) is 10.1 Å². The van der Waals surface area contributed by atoms with Crippen molar-refractivity contribution < 1.29 is 9.53 Å². The fraction of sp³-hybridized carbons (Fsp3) is 0.238. The predicted molar refractivity (Wildman–Crippen MR) is 106 cm³/mol. The van der Waals surface area contributed by atoms with Crippen LogP contribution in [0, 0.1) is 11.3 Å². The lowest BCUT2D eigenvalue weighted by molar-refractivity contribution is -0.117. The molecule has 1 saturated heterocycles. The lowest BCUT2D eigenvalue weighted by Gasteiger charge is -2.28. The van der Waals surface area contributed by atoms with Gasteiger partial charge in [-0.2, -0.15) is 5.26 Å². The molecule has 1 amide bonds. The highest BCUT2D eigenvalue weighted by molar-refractivity contribution is 6.30. The maximum atomic E-state index is 12.3. The lowest BCUT2D eigenvalue weighted by atomic mass is 10.1. The Balaban J connectivity index is 1.63. The number of carbonyl (C=O) groups excluding carboxylic acids is 1. The molecule has 1 heterocycles. The van der Waals surface area contributed by atoms with E-state index in [-0.39, 0.29) is 5.57 Å². The van der Waals surface area contributed by atoms with Crippen LogP contribution < -0.4 is 10.2 Å². The van der Waals surface area contributed by atoms with E-state index >= 15 is 0 Å². The molecular formula is C21H20ClN3O2. The number of nitriles is 1. The Morgan fingerprint density at radius 3 is 2.44 bits per heavy atom. The van der Waals surface area contributed by atoms with Gasteiger partial charge < -0.3 is 15.0 Å². The summed E-state index contributed by atoms with van der Waals surface area (Å²) in [5.41, 5.74) is 2.91. The zero-order valence-corrected chi connectivity index (χ0v) is 15.6. The van der Waals surface area contributed by atoms with Gasteiger partial charge in [-0.05, 0) is 41.5 Å². The molecule has 27 heavy (non-hydrogen) atoms. The third kappa shape index (κ3) is 5.33. The maximum Gasteiger partial charge on any atom is 0.262 e. The second-order valence-electron chi connectivity index (χ2n) is 6.17. The molecule has 2 aromatic carbocycles. The van der Waals surface area contributed by atoms with Crippen molar-refractivity contribution >= 4 is 29.3 Å². The average molecular weight is 382 g/mol. The monoisotopic (exact) mass is 381 g/mol. The number of benzene rings is 2. The van der Waals surface area contributed by atoms with Crippen molar-refractivity contribution in [2.45, 2.75) is 6.54 Å². The first-order chi connectivity index (χ1) is 13.2. The first kappa shape index (κ1) is 19.0. The minimum Gasteiger partial charge on any atom is -0.378 e. The molecule has 1 N–H and O–H groups in total. The number of morpholine rings is 1. The molecule has 2 aromatic rings. The van der Waals surface area contributed by atoms with Gasteiger partial charge in [-0.3, -0.25) is 4.79 Å². The summed E-state index contributed by atoms with van der Waals surface area (Å²) in [4.78, 5) is 14.5. The Labute approximate surface area is 163 Å². The largest absolute Gasteiger partial charge is 0.378 e. The van der Waals surface area contributed by atoms with Crippen LogP contribution in [-0.4, -0.2) is 32.2 Å². The Morgan fingerprint density at radius 1 is 1.15 bits per heavy atom. The number of hydrogen-bond acceptors (Lipinski definition) is 4. The van der Waals surface area contributed by atoms with E-state index in [4.69, 9.17) is 16.3 Å². The predicted octanol–water partition coefficient (Wildman–Crippen LogP) is 3.40. The number of nitrogens with zero attached hydrogens (tertiary/aromatic N) is 2. The van der Waals surface area contributed by atoms with Gasteiger partial charge >= 0.3 is 0 Å². The van der Waals surface area contributed by atoms with Gasteiger partial charge in [-0.15, -0.1) is 0 Å². The number of carbonyl (C=O) groups is 1. The van der Waals surface area contributed by atoms with Crippen LogP contribution in [0.3, 0.4) is 0 Å². The fourth-order valence-corrected chi connectivity index (χ4v) is 2.92. The van der Waals surface area contributed by atoms with Crippen molar-refractivity contribution in [3.05, 3.63) is 70.3 Å². The number of hydrogen-bond donors (Lipinski definition) is 1. The lowest BCUT2D eigenvalue weighted by Crippen LogP contribution is -2.36. The summed E-state index contributed by atoms with van der Waals surface area (Å²) >= 11 is 5.85. The van der Waals surface area contributed by atoms with Gasteiger partial charge in [0, 0.05) is 30.3 Å². The molecule has 0 radical (unpaired) electrons. The first-order valence-electron chi connectivity index (χ1n) is 8.73. The number of nitrogens with one attached hydrogen (secondary N) is 1. The first-order valence-corrected chi connectivity index (χ1v) is 9.11. The molecule has 0 unspecified atom stereocenters. The molecule has 1 aliphatic rings. The van der Waals surface area contributed by atoms with E-state index < -0.39 is 5.91 Å². The second-order valence-corrected chi connectivity index (χ2v) is 6.61. The molecule has 1 aliphatic heterocycles. The summed E-state index contributed by atoms with van der Waals surface area (Å²) in [6.07, 6.45) is 1.60. The number of anilines is 1. The van der Waals surface area contributed by atoms with Crippen molar-refractivity contribution in [2.75, 3.05) is 31.2 Å². The zero-order chi connectivity index (χ0) is 19.1. The van der Waals surface area contributed by atoms with Gasteiger partial charge in [0.25, 0.3) is 5.91 Å². The van der Waals surface area contributed by atoms with Gasteiger partial charge in [0.15, 0.2) is 0 Å². The Hall–Kier alpha value is -2.81. The van der Waals surface area contributed by atoms with Crippen LogP contribution in [0.4, 0.5) is 5.69 Å². The number of halogens is 1. The molecule has 6 heteroatoms. The highest BCUT2D eigenvalue weighted by Gasteiger charge is 2.12. The van der Waals surface area contributed by atoms with Crippen molar-refractivity contribution in [3.8, 4) is 6.07 Å². The van der Waals surface area contributed by atoms with Crippen LogP contribution in [0.25, 0.3) is 6.08 Å². The van der Waals surface area contributed by atoms with Gasteiger partial charge in [0.2, 0.25) is 0 Å². The summed E-state index contributed by atoms with van der Waals surface area (Å²) in [5, 5.41) is 12.7. The van der Waals surface area contributed by atoms with Crippen LogP contribution >= 0.6 is 11.6 Å². The smallest absolute Gasteiger partial charge is 0.262 e. The Bertz CT molecular complexity index is 848. The van der Waals surface area contributed by atoms with Gasteiger partial charge in [-0.25, -0.2) is 0 Å². The summed E-state index contributed by atoms with van der Waals surface area (Å²) in [6.45, 7) is 3.53. The fourth-order valence-electron chi connectivity index (χ4n) is 2.80. The quantitative estimate of drug-likeness (QED) is 0.636. The number of ether oxygens (including phenoxy) is 1. The Kier molecular flexibility index (Phi) is 6.48. The van der Waals surface area contributed by atoms with Crippen molar-refractivity contribution in [1.82, 2.24) is 5.32 Å². The van der Waals surface area contributed by atoms with E-state index in [1.165, 1.54) is 0 Å². The topological polar surface area (TPSA) is 65.4 Å². The maximum absolute atomic E-state index is 12.3. The molecule has 0 atom stereocenters. The van der Waals surface area contributed by atoms with E-state index in [1.807, 2.05) is 42.5 Å². The normalized spacial score (nSPS) is 14.5. The van der Waals surface area contributed by atoms with Gasteiger partial charge in [0.1, 0.15) is 11.6 Å². The average Bonchev–Trinajstić information content (AvgIpc) is 2.72. The van der Waals surface area contributed by atoms with Crippen molar-refractivity contribution in [3.63, 3.8) is 0 Å². The molecule has 0 aliphatic carbocycles. The standard InChI is InChI=1S/C21H20ClN3O2/c22-19-5-1-17(2-6-19)15-24-21(26)18(14-23)13-16-3-7-20(8-4-16)25-9-11-27-12-10-25/h1-8,13H,9-12,15H2,(H,24,26)/b18-13-. The third-order valence-corrected chi connectivity index (χ3v) is 4.56. The minimum absolute atomic E-state index is 0.0723. The molecule has 0 saturated carbocycles. The van der Waals surface area contributed by atoms with Gasteiger partial charge in [0.05, 0.1) is 13.2 Å². The molecule has 0 bridgehead atoms. The SMILES string of the molecule is N#C/C(=C/c1ccc(N2CCOCC2)cc1)C(=O)NCc1ccc(Cl)cc1. The van der Waals surface area contributed by atoms with E-state index in [0.717, 1.165) is 43.1 Å². The van der Waals surface area contributed by atoms with Crippen molar-refractivity contribution in [1.29, 1.82) is 5.26 Å². The molecule has 1 fully saturated rings. The van der Waals surface area contributed by atoms with E-state index in [1.54, 1.807) is 18.2 Å². The second kappa shape index (κ2) is 9.22. The third-order valence-electron chi connectivity index (χ3n) is 4.31. The molecule has 5 nitrogen and oxygen atoms in total. The molecular weight excluding hydrogens is 362 g/mol. The highest BCUT2D eigenvalue weighted by atomic mass is 35.5. The summed E-state index contributed by atoms with van der Waals surface area (Å²) < 4.78 is 5.36. The van der Waals surface area contributed by atoms with Crippen LogP contribution in [0.1, 0.15) is 11.1 Å². The number of rotatable bonds is 5. The van der Waals surface area contributed by atoms with E-state index in [0.29, 0.717) is 11.6 Å². The van der Waals surface area contributed by atoms with Crippen LogP contribution in [0.2, 0.25) is 5.02 Å². The number of amides is 1. The minimum atomic E-state index is -0.398.